The molecule has 0 saturated carbocycles. The van der Waals surface area contributed by atoms with Crippen LogP contribution in [0, 0.1) is 13.8 Å². The largest absolute Gasteiger partial charge is 0.338 e. The quantitative estimate of drug-likeness (QED) is 0.909. The van der Waals surface area contributed by atoms with E-state index in [-0.39, 0.29) is 5.91 Å². The first-order valence-electron chi connectivity index (χ1n) is 6.98. The summed E-state index contributed by atoms with van der Waals surface area (Å²) in [6.45, 7) is 7.19. The zero-order valence-electron chi connectivity index (χ0n) is 12.3. The molecule has 1 N–H and O–H groups in total. The number of carbonyl (C=O) groups excluding carboxylic acids is 1. The van der Waals surface area contributed by atoms with Crippen molar-refractivity contribution in [1.82, 2.24) is 15.1 Å². The number of aromatic amines is 1. The van der Waals surface area contributed by atoms with Gasteiger partial charge in [0, 0.05) is 18.8 Å². The van der Waals surface area contributed by atoms with Crippen LogP contribution in [0.4, 0.5) is 0 Å². The fourth-order valence-corrected chi connectivity index (χ4v) is 2.34. The van der Waals surface area contributed by atoms with Crippen molar-refractivity contribution in [2.45, 2.75) is 27.2 Å². The number of hydrogen-bond acceptors (Lipinski definition) is 2. The maximum absolute atomic E-state index is 12.6. The molecular weight excluding hydrogens is 250 g/mol. The zero-order valence-corrected chi connectivity index (χ0v) is 12.3. The van der Waals surface area contributed by atoms with E-state index < -0.39 is 0 Å². The molecule has 0 aliphatic carbocycles. The van der Waals surface area contributed by atoms with Crippen LogP contribution in [0.2, 0.25) is 0 Å². The van der Waals surface area contributed by atoms with E-state index in [4.69, 9.17) is 0 Å². The minimum Gasteiger partial charge on any atom is -0.338 e. The molecule has 1 aromatic heterocycles. The molecule has 0 saturated heterocycles. The molecule has 20 heavy (non-hydrogen) atoms. The van der Waals surface area contributed by atoms with E-state index in [0.29, 0.717) is 12.1 Å². The molecule has 0 spiro atoms. The number of nitrogens with one attached hydrogen (secondary N) is 1. The van der Waals surface area contributed by atoms with Crippen LogP contribution in [0.3, 0.4) is 0 Å². The van der Waals surface area contributed by atoms with Gasteiger partial charge in [-0.3, -0.25) is 9.89 Å². The van der Waals surface area contributed by atoms with Gasteiger partial charge < -0.3 is 4.90 Å². The Labute approximate surface area is 119 Å². The summed E-state index contributed by atoms with van der Waals surface area (Å²) in [5.41, 5.74) is 3.57. The molecule has 1 aromatic carbocycles. The minimum absolute atomic E-state index is 0.0622. The lowest BCUT2D eigenvalue weighted by atomic mass is 10.1. The number of carbonyl (C=O) groups is 1. The lowest BCUT2D eigenvalue weighted by Gasteiger charge is -2.21. The second-order valence-corrected chi connectivity index (χ2v) is 4.93. The van der Waals surface area contributed by atoms with Gasteiger partial charge in [0.1, 0.15) is 0 Å². The zero-order chi connectivity index (χ0) is 14.5. The van der Waals surface area contributed by atoms with Gasteiger partial charge in [0.25, 0.3) is 5.91 Å². The Morgan fingerprint density at radius 3 is 2.50 bits per heavy atom. The average Bonchev–Trinajstić information content (AvgIpc) is 2.79. The van der Waals surface area contributed by atoms with Gasteiger partial charge in [0.15, 0.2) is 0 Å². The Morgan fingerprint density at radius 2 is 1.95 bits per heavy atom. The van der Waals surface area contributed by atoms with E-state index in [0.717, 1.165) is 24.4 Å². The van der Waals surface area contributed by atoms with Gasteiger partial charge >= 0.3 is 0 Å². The third kappa shape index (κ3) is 3.07. The molecule has 0 aliphatic rings. The predicted molar refractivity (Wildman–Crippen MR) is 79.8 cm³/mol. The highest BCUT2D eigenvalue weighted by Crippen LogP contribution is 2.13. The van der Waals surface area contributed by atoms with Crippen LogP contribution in [-0.4, -0.2) is 34.1 Å². The molecule has 0 radical (unpaired) electrons. The molecule has 0 atom stereocenters. The monoisotopic (exact) mass is 271 g/mol. The van der Waals surface area contributed by atoms with E-state index in [9.17, 15) is 4.79 Å². The van der Waals surface area contributed by atoms with Gasteiger partial charge in [-0.05, 0) is 32.8 Å². The molecule has 1 amide bonds. The summed E-state index contributed by atoms with van der Waals surface area (Å²) in [6.07, 6.45) is 0.871. The summed E-state index contributed by atoms with van der Waals surface area (Å²) < 4.78 is 0. The molecule has 106 valence electrons. The SMILES string of the molecule is CCN(CCc1ccccc1)C(=O)c1c(C)n[nH]c1C. The maximum atomic E-state index is 12.6. The maximum Gasteiger partial charge on any atom is 0.257 e. The smallest absolute Gasteiger partial charge is 0.257 e. The van der Waals surface area contributed by atoms with Gasteiger partial charge in [0.05, 0.1) is 11.3 Å². The lowest BCUT2D eigenvalue weighted by molar-refractivity contribution is 0.0765. The fourth-order valence-electron chi connectivity index (χ4n) is 2.34. The third-order valence-electron chi connectivity index (χ3n) is 3.52. The van der Waals surface area contributed by atoms with Crippen molar-refractivity contribution in [1.29, 1.82) is 0 Å². The van der Waals surface area contributed by atoms with Gasteiger partial charge in [-0.1, -0.05) is 30.3 Å². The highest BCUT2D eigenvalue weighted by Gasteiger charge is 2.20. The normalized spacial score (nSPS) is 10.6. The number of amides is 1. The highest BCUT2D eigenvalue weighted by molar-refractivity contribution is 5.96. The van der Waals surface area contributed by atoms with Crippen LogP contribution < -0.4 is 0 Å². The fraction of sp³-hybridized carbons (Fsp3) is 0.375. The molecule has 0 unspecified atom stereocenters. The van der Waals surface area contributed by atoms with Crippen LogP contribution in [0.15, 0.2) is 30.3 Å². The highest BCUT2D eigenvalue weighted by atomic mass is 16.2. The first kappa shape index (κ1) is 14.3. The van der Waals surface area contributed by atoms with Crippen molar-refractivity contribution >= 4 is 5.91 Å². The second kappa shape index (κ2) is 6.37. The number of hydrogen-bond donors (Lipinski definition) is 1. The van der Waals surface area contributed by atoms with Crippen molar-refractivity contribution < 1.29 is 4.79 Å². The summed E-state index contributed by atoms with van der Waals surface area (Å²) in [5, 5.41) is 6.97. The van der Waals surface area contributed by atoms with Crippen molar-refractivity contribution in [3.63, 3.8) is 0 Å². The third-order valence-corrected chi connectivity index (χ3v) is 3.52. The molecular formula is C16H21N3O. The first-order valence-corrected chi connectivity index (χ1v) is 6.98. The Kier molecular flexibility index (Phi) is 4.56. The lowest BCUT2D eigenvalue weighted by Crippen LogP contribution is -2.33. The van der Waals surface area contributed by atoms with Crippen molar-refractivity contribution in [2.24, 2.45) is 0 Å². The Morgan fingerprint density at radius 1 is 1.25 bits per heavy atom. The summed E-state index contributed by atoms with van der Waals surface area (Å²) in [7, 11) is 0. The van der Waals surface area contributed by atoms with Crippen LogP contribution >= 0.6 is 0 Å². The molecule has 2 rings (SSSR count). The minimum atomic E-state index is 0.0622. The van der Waals surface area contributed by atoms with Gasteiger partial charge in [-0.25, -0.2) is 0 Å². The van der Waals surface area contributed by atoms with E-state index >= 15 is 0 Å². The summed E-state index contributed by atoms with van der Waals surface area (Å²) >= 11 is 0. The Bertz CT molecular complexity index is 555. The second-order valence-electron chi connectivity index (χ2n) is 4.93. The molecule has 0 bridgehead atoms. The summed E-state index contributed by atoms with van der Waals surface area (Å²) in [4.78, 5) is 14.4. The van der Waals surface area contributed by atoms with Gasteiger partial charge in [0.2, 0.25) is 0 Å². The molecule has 4 nitrogen and oxygen atoms in total. The molecule has 0 fully saturated rings. The van der Waals surface area contributed by atoms with Crippen LogP contribution in [0.25, 0.3) is 0 Å². The van der Waals surface area contributed by atoms with Gasteiger partial charge in [-0.2, -0.15) is 5.10 Å². The number of H-pyrrole nitrogens is 1. The summed E-state index contributed by atoms with van der Waals surface area (Å²) in [6, 6.07) is 10.2. The molecule has 1 heterocycles. The van der Waals surface area contributed by atoms with Crippen molar-refractivity contribution in [3.8, 4) is 0 Å². The van der Waals surface area contributed by atoms with Crippen molar-refractivity contribution in [2.75, 3.05) is 13.1 Å². The van der Waals surface area contributed by atoms with Crippen molar-refractivity contribution in [3.05, 3.63) is 52.8 Å². The number of rotatable bonds is 5. The molecule has 0 aliphatic heterocycles. The van der Waals surface area contributed by atoms with Crippen LogP contribution in [0.5, 0.6) is 0 Å². The summed E-state index contributed by atoms with van der Waals surface area (Å²) in [5.74, 6) is 0.0622. The molecule has 2 aromatic rings. The van der Waals surface area contributed by atoms with E-state index in [2.05, 4.69) is 22.3 Å². The Balaban J connectivity index is 2.07. The topological polar surface area (TPSA) is 49.0 Å². The van der Waals surface area contributed by atoms with Crippen LogP contribution in [0.1, 0.15) is 34.2 Å². The first-order chi connectivity index (χ1) is 9.63. The Hall–Kier alpha value is -2.10. The number of nitrogens with zero attached hydrogens (tertiary/aromatic N) is 2. The average molecular weight is 271 g/mol. The van der Waals surface area contributed by atoms with E-state index in [1.54, 1.807) is 0 Å². The van der Waals surface area contributed by atoms with E-state index in [1.807, 2.05) is 43.9 Å². The number of benzene rings is 1. The number of likely N-dealkylation sites (N-methyl/N-ethyl adjacent to an activating group) is 1. The van der Waals surface area contributed by atoms with E-state index in [1.165, 1.54) is 5.56 Å². The standard InChI is InChI=1S/C16H21N3O/c1-4-19(11-10-14-8-6-5-7-9-14)16(20)15-12(2)17-18-13(15)3/h5-9H,4,10-11H2,1-3H3,(H,17,18). The van der Waals surface area contributed by atoms with Crippen LogP contribution in [-0.2, 0) is 6.42 Å². The number of aromatic nitrogens is 2. The number of aryl methyl sites for hydroxylation is 2. The molecule has 4 heteroatoms. The van der Waals surface area contributed by atoms with Gasteiger partial charge in [-0.15, -0.1) is 0 Å². The predicted octanol–water partition coefficient (Wildman–Crippen LogP) is 2.73.